The molecule has 0 radical (unpaired) electrons. The van der Waals surface area contributed by atoms with Crippen molar-refractivity contribution in [2.75, 3.05) is 19.3 Å². The van der Waals surface area contributed by atoms with Crippen LogP contribution in [0, 0.1) is 0 Å². The first-order chi connectivity index (χ1) is 8.03. The summed E-state index contributed by atoms with van der Waals surface area (Å²) in [5.74, 6) is 0. The monoisotopic (exact) mass is 255 g/mol. The number of sulfonamides is 1. The summed E-state index contributed by atoms with van der Waals surface area (Å²) in [5, 5.41) is 1.74. The Morgan fingerprint density at radius 1 is 1.35 bits per heavy atom. The van der Waals surface area contributed by atoms with Gasteiger partial charge >= 0.3 is 0 Å². The van der Waals surface area contributed by atoms with Crippen LogP contribution in [0.3, 0.4) is 0 Å². The van der Waals surface area contributed by atoms with Crippen molar-refractivity contribution < 1.29 is 8.42 Å². The summed E-state index contributed by atoms with van der Waals surface area (Å²) in [7, 11) is -3.17. The summed E-state index contributed by atoms with van der Waals surface area (Å²) in [6, 6.07) is 3.96. The summed E-state index contributed by atoms with van der Waals surface area (Å²) >= 11 is 0. The first-order valence-electron chi connectivity index (χ1n) is 5.54. The van der Waals surface area contributed by atoms with E-state index in [4.69, 9.17) is 0 Å². The third-order valence-electron chi connectivity index (χ3n) is 2.57. The molecule has 17 heavy (non-hydrogen) atoms. The van der Waals surface area contributed by atoms with E-state index >= 15 is 0 Å². The zero-order valence-corrected chi connectivity index (χ0v) is 10.7. The van der Waals surface area contributed by atoms with E-state index in [9.17, 15) is 8.42 Å². The van der Waals surface area contributed by atoms with E-state index in [1.54, 1.807) is 5.01 Å². The van der Waals surface area contributed by atoms with Crippen LogP contribution >= 0.6 is 0 Å². The van der Waals surface area contributed by atoms with Gasteiger partial charge in [0.15, 0.2) is 0 Å². The number of hydrazine groups is 1. The van der Waals surface area contributed by atoms with Gasteiger partial charge in [0, 0.05) is 32.0 Å². The Hall–Kier alpha value is -1.11. The molecule has 0 aromatic carbocycles. The number of hydrogen-bond donors (Lipinski definition) is 1. The zero-order valence-electron chi connectivity index (χ0n) is 9.83. The molecule has 2 rings (SSSR count). The second-order valence-corrected chi connectivity index (χ2v) is 6.02. The largest absolute Gasteiger partial charge is 0.350 e. The molecular weight excluding hydrogens is 238 g/mol. The van der Waals surface area contributed by atoms with Gasteiger partial charge in [-0.15, -0.1) is 4.83 Å². The number of aromatic nitrogens is 1. The molecule has 2 heterocycles. The van der Waals surface area contributed by atoms with Crippen molar-refractivity contribution >= 4 is 10.0 Å². The number of nitrogens with zero attached hydrogens (tertiary/aromatic N) is 2. The summed E-state index contributed by atoms with van der Waals surface area (Å²) < 4.78 is 24.4. The van der Waals surface area contributed by atoms with Gasteiger partial charge in [0.1, 0.15) is 0 Å². The van der Waals surface area contributed by atoms with E-state index in [1.165, 1.54) is 11.8 Å². The van der Waals surface area contributed by atoms with Gasteiger partial charge in [0.2, 0.25) is 10.0 Å². The zero-order chi connectivity index (χ0) is 12.3. The van der Waals surface area contributed by atoms with Gasteiger partial charge in [-0.1, -0.05) is 6.08 Å². The SMILES string of the molecule is CS(=O)(=O)NN1CCC=C(Cn2cccc2)C1. The van der Waals surface area contributed by atoms with Crippen molar-refractivity contribution in [1.29, 1.82) is 0 Å². The van der Waals surface area contributed by atoms with E-state index in [1.807, 2.05) is 24.5 Å². The predicted molar refractivity (Wildman–Crippen MR) is 66.7 cm³/mol. The first-order valence-corrected chi connectivity index (χ1v) is 7.43. The molecule has 0 bridgehead atoms. The highest BCUT2D eigenvalue weighted by Gasteiger charge is 2.15. The topological polar surface area (TPSA) is 54.3 Å². The first kappa shape index (κ1) is 12.3. The fraction of sp³-hybridized carbons (Fsp3) is 0.455. The molecule has 1 aromatic heterocycles. The van der Waals surface area contributed by atoms with Crippen LogP contribution in [0.4, 0.5) is 0 Å². The highest BCUT2D eigenvalue weighted by Crippen LogP contribution is 2.10. The van der Waals surface area contributed by atoms with Crippen LogP contribution in [0.5, 0.6) is 0 Å². The Labute approximate surface area is 102 Å². The molecule has 0 unspecified atom stereocenters. The standard InChI is InChI=1S/C11H17N3O2S/c1-17(15,16)12-14-8-4-5-11(10-14)9-13-6-2-3-7-13/h2-3,5-7,12H,4,8-10H2,1H3. The van der Waals surface area contributed by atoms with Gasteiger partial charge in [-0.3, -0.25) is 0 Å². The highest BCUT2D eigenvalue weighted by atomic mass is 32.2. The molecule has 1 aromatic rings. The highest BCUT2D eigenvalue weighted by molar-refractivity contribution is 7.88. The Morgan fingerprint density at radius 2 is 2.06 bits per heavy atom. The minimum atomic E-state index is -3.17. The number of nitrogens with one attached hydrogen (secondary N) is 1. The molecule has 94 valence electrons. The minimum absolute atomic E-state index is 0.644. The maximum absolute atomic E-state index is 11.1. The van der Waals surface area contributed by atoms with Gasteiger partial charge < -0.3 is 4.57 Å². The van der Waals surface area contributed by atoms with Crippen LogP contribution < -0.4 is 4.83 Å². The molecule has 0 aliphatic carbocycles. The maximum atomic E-state index is 11.1. The van der Waals surface area contributed by atoms with Gasteiger partial charge in [0.25, 0.3) is 0 Å². The molecule has 5 nitrogen and oxygen atoms in total. The summed E-state index contributed by atoms with van der Waals surface area (Å²) in [6.07, 6.45) is 8.24. The second-order valence-electron chi connectivity index (χ2n) is 4.29. The Balaban J connectivity index is 1.95. The van der Waals surface area contributed by atoms with E-state index < -0.39 is 10.0 Å². The van der Waals surface area contributed by atoms with Crippen molar-refractivity contribution in [3.63, 3.8) is 0 Å². The minimum Gasteiger partial charge on any atom is -0.350 e. The summed E-state index contributed by atoms with van der Waals surface area (Å²) in [4.78, 5) is 2.52. The molecule has 0 spiro atoms. The van der Waals surface area contributed by atoms with Crippen molar-refractivity contribution in [2.24, 2.45) is 0 Å². The molecule has 6 heteroatoms. The van der Waals surface area contributed by atoms with Crippen molar-refractivity contribution in [3.05, 3.63) is 36.2 Å². The Morgan fingerprint density at radius 3 is 2.71 bits per heavy atom. The molecule has 1 aliphatic heterocycles. The molecule has 0 amide bonds. The van der Waals surface area contributed by atoms with E-state index in [-0.39, 0.29) is 0 Å². The van der Waals surface area contributed by atoms with Crippen LogP contribution in [0.1, 0.15) is 6.42 Å². The second kappa shape index (κ2) is 5.03. The molecule has 1 aliphatic rings. The fourth-order valence-electron chi connectivity index (χ4n) is 1.95. The van der Waals surface area contributed by atoms with E-state index in [2.05, 4.69) is 15.5 Å². The fourth-order valence-corrected chi connectivity index (χ4v) is 2.58. The lowest BCUT2D eigenvalue weighted by molar-refractivity contribution is 0.252. The van der Waals surface area contributed by atoms with Crippen LogP contribution in [0.15, 0.2) is 36.2 Å². The molecule has 0 saturated carbocycles. The van der Waals surface area contributed by atoms with Crippen LogP contribution in [-0.4, -0.2) is 37.3 Å². The van der Waals surface area contributed by atoms with Gasteiger partial charge in [-0.2, -0.15) is 0 Å². The molecular formula is C11H17N3O2S. The normalized spacial score (nSPS) is 18.1. The van der Waals surface area contributed by atoms with Crippen molar-refractivity contribution in [3.8, 4) is 0 Å². The average Bonchev–Trinajstić information content (AvgIpc) is 2.68. The molecule has 0 fully saturated rings. The quantitative estimate of drug-likeness (QED) is 0.801. The molecule has 1 N–H and O–H groups in total. The van der Waals surface area contributed by atoms with Crippen LogP contribution in [-0.2, 0) is 16.6 Å². The van der Waals surface area contributed by atoms with E-state index in [0.29, 0.717) is 6.54 Å². The lowest BCUT2D eigenvalue weighted by Gasteiger charge is -2.26. The lowest BCUT2D eigenvalue weighted by Crippen LogP contribution is -2.44. The lowest BCUT2D eigenvalue weighted by atomic mass is 10.1. The van der Waals surface area contributed by atoms with Crippen molar-refractivity contribution in [1.82, 2.24) is 14.4 Å². The van der Waals surface area contributed by atoms with E-state index in [0.717, 1.165) is 19.5 Å². The smallest absolute Gasteiger partial charge is 0.221 e. The number of rotatable bonds is 4. The van der Waals surface area contributed by atoms with Crippen molar-refractivity contribution in [2.45, 2.75) is 13.0 Å². The van der Waals surface area contributed by atoms with Crippen LogP contribution in [0.2, 0.25) is 0 Å². The third-order valence-corrected chi connectivity index (χ3v) is 3.16. The molecule has 0 saturated heterocycles. The summed E-state index contributed by atoms with van der Waals surface area (Å²) in [5.41, 5.74) is 1.23. The molecule has 0 atom stereocenters. The predicted octanol–water partition coefficient (Wildman–Crippen LogP) is 0.584. The van der Waals surface area contributed by atoms with Gasteiger partial charge in [0.05, 0.1) is 6.26 Å². The number of hydrogen-bond acceptors (Lipinski definition) is 3. The average molecular weight is 255 g/mol. The Kier molecular flexibility index (Phi) is 3.66. The summed E-state index contributed by atoms with van der Waals surface area (Å²) in [6.45, 7) is 2.18. The van der Waals surface area contributed by atoms with Crippen LogP contribution in [0.25, 0.3) is 0 Å². The maximum Gasteiger partial charge on any atom is 0.221 e. The van der Waals surface area contributed by atoms with Gasteiger partial charge in [-0.05, 0) is 24.1 Å². The Bertz CT molecular complexity index is 491. The third kappa shape index (κ3) is 3.99. The van der Waals surface area contributed by atoms with Gasteiger partial charge in [-0.25, -0.2) is 13.4 Å².